The predicted molar refractivity (Wildman–Crippen MR) is 158 cm³/mol. The number of carbonyl (C=O) groups is 1. The maximum absolute atomic E-state index is 13.3. The van der Waals surface area contributed by atoms with Gasteiger partial charge in [0, 0.05) is 63.3 Å². The first-order valence-corrected chi connectivity index (χ1v) is 14.9. The van der Waals surface area contributed by atoms with Gasteiger partial charge in [-0.25, -0.2) is 0 Å². The Balaban J connectivity index is 1.49. The third-order valence-electron chi connectivity index (χ3n) is 8.05. The Morgan fingerprint density at radius 3 is 2.20 bits per heavy atom. The number of nitrogens with zero attached hydrogens (tertiary/aromatic N) is 3. The van der Waals surface area contributed by atoms with Crippen LogP contribution in [0.1, 0.15) is 35.6 Å². The van der Waals surface area contributed by atoms with E-state index in [0.717, 1.165) is 35.4 Å². The molecular formula is C33H37F6N3O4. The maximum Gasteiger partial charge on any atom is 0.430 e. The summed E-state index contributed by atoms with van der Waals surface area (Å²) in [4.78, 5) is 21.3. The number of piperazine rings is 1. The second kappa shape index (κ2) is 14.9. The number of benzene rings is 2. The van der Waals surface area contributed by atoms with Gasteiger partial charge in [-0.05, 0) is 53.8 Å². The van der Waals surface area contributed by atoms with Crippen molar-refractivity contribution in [2.45, 2.75) is 57.4 Å². The van der Waals surface area contributed by atoms with Gasteiger partial charge >= 0.3 is 18.3 Å². The molecule has 1 fully saturated rings. The van der Waals surface area contributed by atoms with Crippen LogP contribution < -0.4 is 0 Å². The molecule has 0 aliphatic carbocycles. The van der Waals surface area contributed by atoms with Crippen LogP contribution >= 0.6 is 0 Å². The van der Waals surface area contributed by atoms with E-state index < -0.39 is 23.5 Å². The molecule has 1 atom stereocenters. The molecule has 2 heterocycles. The van der Waals surface area contributed by atoms with Crippen LogP contribution in [0.2, 0.25) is 0 Å². The fourth-order valence-corrected chi connectivity index (χ4v) is 5.62. The Labute approximate surface area is 263 Å². The second-order valence-corrected chi connectivity index (χ2v) is 11.3. The van der Waals surface area contributed by atoms with Gasteiger partial charge in [-0.2, -0.15) is 26.3 Å². The van der Waals surface area contributed by atoms with Crippen LogP contribution in [-0.2, 0) is 33.0 Å². The van der Waals surface area contributed by atoms with E-state index >= 15 is 0 Å². The van der Waals surface area contributed by atoms with Crippen molar-refractivity contribution in [1.82, 2.24) is 14.8 Å². The molecule has 0 bridgehead atoms. The van der Waals surface area contributed by atoms with E-state index in [4.69, 9.17) is 9.47 Å². The predicted octanol–water partition coefficient (Wildman–Crippen LogP) is 6.03. The molecule has 1 aliphatic rings. The number of hydrogen-bond acceptors (Lipinski definition) is 7. The summed E-state index contributed by atoms with van der Waals surface area (Å²) < 4.78 is 90.5. The average Bonchev–Trinajstić information content (AvgIpc) is 3.00. The molecule has 1 aliphatic heterocycles. The molecule has 0 amide bonds. The van der Waals surface area contributed by atoms with Crippen molar-refractivity contribution < 1.29 is 45.7 Å². The highest BCUT2D eigenvalue weighted by Crippen LogP contribution is 2.50. The standard InChI is InChI=1S/C33H37F6N3O4/c1-3-45-16-17-46-30(43)19-28-22-41(20-24-10-12-40-13-11-24)14-15-42(28)21-25-4-9-29(23(2)18-25)26-5-7-27(8-6-26)31(44,32(34,35)36)33(37,38)39/h4-13,18,28,44H,3,14-17,19-22H2,1-2H3/t28-/m1/s1. The minimum absolute atomic E-state index is 0.135. The van der Waals surface area contributed by atoms with Crippen LogP contribution in [0.3, 0.4) is 0 Å². The molecule has 0 spiro atoms. The first-order valence-electron chi connectivity index (χ1n) is 14.9. The number of hydrogen-bond donors (Lipinski definition) is 1. The number of halogens is 6. The third kappa shape index (κ3) is 8.44. The van der Waals surface area contributed by atoms with Gasteiger partial charge in [0.15, 0.2) is 0 Å². The molecule has 1 N–H and O–H groups in total. The summed E-state index contributed by atoms with van der Waals surface area (Å²) in [6.45, 7) is 8.00. The van der Waals surface area contributed by atoms with Crippen molar-refractivity contribution in [3.05, 3.63) is 89.2 Å². The lowest BCUT2D eigenvalue weighted by atomic mass is 9.90. The zero-order chi connectivity index (χ0) is 33.5. The lowest BCUT2D eigenvalue weighted by Gasteiger charge is -2.41. The van der Waals surface area contributed by atoms with Gasteiger partial charge in [0.25, 0.3) is 5.60 Å². The smallest absolute Gasteiger partial charge is 0.430 e. The number of aryl methyl sites for hydroxylation is 1. The lowest BCUT2D eigenvalue weighted by Crippen LogP contribution is -2.53. The molecule has 0 saturated carbocycles. The van der Waals surface area contributed by atoms with Gasteiger partial charge < -0.3 is 14.6 Å². The molecule has 0 unspecified atom stereocenters. The van der Waals surface area contributed by atoms with Gasteiger partial charge in [0.05, 0.1) is 13.0 Å². The molecule has 46 heavy (non-hydrogen) atoms. The minimum Gasteiger partial charge on any atom is -0.463 e. The van der Waals surface area contributed by atoms with Crippen molar-refractivity contribution in [1.29, 1.82) is 0 Å². The van der Waals surface area contributed by atoms with Crippen LogP contribution in [-0.4, -0.2) is 83.7 Å². The van der Waals surface area contributed by atoms with E-state index in [-0.39, 0.29) is 25.0 Å². The largest absolute Gasteiger partial charge is 0.463 e. The van der Waals surface area contributed by atoms with Crippen molar-refractivity contribution >= 4 is 5.97 Å². The Morgan fingerprint density at radius 2 is 1.59 bits per heavy atom. The topological polar surface area (TPSA) is 75.1 Å². The summed E-state index contributed by atoms with van der Waals surface area (Å²) in [5.74, 6) is -0.321. The number of rotatable bonds is 12. The SMILES string of the molecule is CCOCCOC(=O)C[C@@H]1CN(Cc2ccncc2)CCN1Cc1ccc(-c2ccc(C(O)(C(F)(F)F)C(F)(F)F)cc2)c(C)c1. The number of ether oxygens (including phenoxy) is 2. The molecule has 13 heteroatoms. The summed E-state index contributed by atoms with van der Waals surface area (Å²) >= 11 is 0. The molecule has 0 radical (unpaired) electrons. The van der Waals surface area contributed by atoms with Crippen molar-refractivity contribution in [3.8, 4) is 11.1 Å². The highest BCUT2D eigenvalue weighted by molar-refractivity contribution is 5.70. The van der Waals surface area contributed by atoms with E-state index in [9.17, 15) is 36.2 Å². The maximum atomic E-state index is 13.3. The molecular weight excluding hydrogens is 616 g/mol. The van der Waals surface area contributed by atoms with E-state index in [1.165, 1.54) is 0 Å². The zero-order valence-electron chi connectivity index (χ0n) is 25.6. The Morgan fingerprint density at radius 1 is 0.913 bits per heavy atom. The first-order chi connectivity index (χ1) is 21.7. The first kappa shape index (κ1) is 35.3. The fourth-order valence-electron chi connectivity index (χ4n) is 5.62. The summed E-state index contributed by atoms with van der Waals surface area (Å²) in [5.41, 5.74) is -2.47. The van der Waals surface area contributed by atoms with Crippen molar-refractivity contribution in [3.63, 3.8) is 0 Å². The summed E-state index contributed by atoms with van der Waals surface area (Å²) in [5, 5.41) is 9.70. The molecule has 7 nitrogen and oxygen atoms in total. The van der Waals surface area contributed by atoms with Gasteiger partial charge in [-0.3, -0.25) is 19.6 Å². The number of alkyl halides is 6. The van der Waals surface area contributed by atoms with E-state index in [1.54, 1.807) is 25.4 Å². The number of pyridine rings is 1. The summed E-state index contributed by atoms with van der Waals surface area (Å²) in [6, 6.07) is 12.8. The Hall–Kier alpha value is -3.52. The monoisotopic (exact) mass is 653 g/mol. The van der Waals surface area contributed by atoms with Crippen LogP contribution in [0.4, 0.5) is 26.3 Å². The van der Waals surface area contributed by atoms with Crippen molar-refractivity contribution in [2.24, 2.45) is 0 Å². The molecule has 1 saturated heterocycles. The van der Waals surface area contributed by atoms with Crippen LogP contribution in [0.5, 0.6) is 0 Å². The van der Waals surface area contributed by atoms with Crippen LogP contribution in [0.15, 0.2) is 67.0 Å². The number of aromatic nitrogens is 1. The number of aliphatic hydroxyl groups is 1. The number of carbonyl (C=O) groups excluding carboxylic acids is 1. The molecule has 250 valence electrons. The van der Waals surface area contributed by atoms with Crippen LogP contribution in [0.25, 0.3) is 11.1 Å². The second-order valence-electron chi connectivity index (χ2n) is 11.3. The highest BCUT2D eigenvalue weighted by Gasteiger charge is 2.71. The van der Waals surface area contributed by atoms with Gasteiger partial charge in [0.1, 0.15) is 6.61 Å². The fraction of sp³-hybridized carbons (Fsp3) is 0.455. The normalized spacial score (nSPS) is 16.8. The molecule has 2 aromatic carbocycles. The highest BCUT2D eigenvalue weighted by atomic mass is 19.4. The van der Waals surface area contributed by atoms with E-state index in [1.807, 2.05) is 31.2 Å². The average molecular weight is 654 g/mol. The van der Waals surface area contributed by atoms with Crippen molar-refractivity contribution in [2.75, 3.05) is 39.5 Å². The number of esters is 1. The molecule has 3 aromatic rings. The quantitative estimate of drug-likeness (QED) is 0.146. The lowest BCUT2D eigenvalue weighted by molar-refractivity contribution is -0.376. The Kier molecular flexibility index (Phi) is 11.5. The van der Waals surface area contributed by atoms with E-state index in [2.05, 4.69) is 14.8 Å². The van der Waals surface area contributed by atoms with Gasteiger partial charge in [0.2, 0.25) is 0 Å². The third-order valence-corrected chi connectivity index (χ3v) is 8.05. The Bertz CT molecular complexity index is 1420. The van der Waals surface area contributed by atoms with Gasteiger partial charge in [-0.15, -0.1) is 0 Å². The molecule has 1 aromatic heterocycles. The zero-order valence-corrected chi connectivity index (χ0v) is 25.6. The summed E-state index contributed by atoms with van der Waals surface area (Å²) in [7, 11) is 0. The van der Waals surface area contributed by atoms with Gasteiger partial charge in [-0.1, -0.05) is 42.5 Å². The summed E-state index contributed by atoms with van der Waals surface area (Å²) in [6.07, 6.45) is -8.24. The van der Waals surface area contributed by atoms with E-state index in [0.29, 0.717) is 62.7 Å². The molecule has 4 rings (SSSR count). The minimum atomic E-state index is -5.95. The van der Waals surface area contributed by atoms with Crippen LogP contribution in [0, 0.1) is 6.92 Å².